The summed E-state index contributed by atoms with van der Waals surface area (Å²) in [5.74, 6) is 0. The van der Waals surface area contributed by atoms with Gasteiger partial charge in [-0.05, 0) is 6.42 Å². The smallest absolute Gasteiger partial charge is 0.188 e. The first-order valence-corrected chi connectivity index (χ1v) is 3.60. The van der Waals surface area contributed by atoms with Crippen LogP contribution >= 0.6 is 0 Å². The minimum Gasteiger partial charge on any atom is -0.353 e. The topological polar surface area (TPSA) is 18.5 Å². The fourth-order valence-corrected chi connectivity index (χ4v) is 1.16. The first-order chi connectivity index (χ1) is 4.77. The summed E-state index contributed by atoms with van der Waals surface area (Å²) >= 11 is 0. The molecule has 0 aliphatic carbocycles. The Hall–Kier alpha value is -0.150. The van der Waals surface area contributed by atoms with Gasteiger partial charge in [0.05, 0.1) is 6.10 Å². The molecule has 3 atom stereocenters. The van der Waals surface area contributed by atoms with Crippen LogP contribution in [0.15, 0.2) is 0 Å². The van der Waals surface area contributed by atoms with Crippen LogP contribution in [-0.2, 0) is 9.47 Å². The van der Waals surface area contributed by atoms with E-state index >= 15 is 0 Å². The molecule has 10 heavy (non-hydrogen) atoms. The zero-order valence-electron chi connectivity index (χ0n) is 6.34. The van der Waals surface area contributed by atoms with Gasteiger partial charge in [0.15, 0.2) is 12.5 Å². The van der Waals surface area contributed by atoms with Crippen LogP contribution in [0.4, 0.5) is 4.39 Å². The van der Waals surface area contributed by atoms with Crippen molar-refractivity contribution < 1.29 is 13.9 Å². The second-order valence-electron chi connectivity index (χ2n) is 2.52. The van der Waals surface area contributed by atoms with Gasteiger partial charge in [-0.3, -0.25) is 0 Å². The van der Waals surface area contributed by atoms with Crippen molar-refractivity contribution in [3.8, 4) is 0 Å². The molecule has 0 radical (unpaired) electrons. The maximum Gasteiger partial charge on any atom is 0.188 e. The van der Waals surface area contributed by atoms with E-state index in [9.17, 15) is 4.39 Å². The van der Waals surface area contributed by atoms with Gasteiger partial charge in [0.25, 0.3) is 0 Å². The first kappa shape index (κ1) is 7.95. The number of ether oxygens (including phenoxy) is 2. The molecule has 60 valence electrons. The number of hydrogen-bond acceptors (Lipinski definition) is 2. The molecule has 2 unspecified atom stereocenters. The SMILES string of the molecule is CCC1C[C@H](F)C(OC)O1. The quantitative estimate of drug-likeness (QED) is 0.590. The van der Waals surface area contributed by atoms with E-state index in [1.807, 2.05) is 6.92 Å². The largest absolute Gasteiger partial charge is 0.353 e. The van der Waals surface area contributed by atoms with Crippen molar-refractivity contribution in [1.29, 1.82) is 0 Å². The van der Waals surface area contributed by atoms with Gasteiger partial charge in [0, 0.05) is 13.5 Å². The minimum atomic E-state index is -0.935. The van der Waals surface area contributed by atoms with Gasteiger partial charge in [-0.1, -0.05) is 6.92 Å². The van der Waals surface area contributed by atoms with Gasteiger partial charge in [0.2, 0.25) is 0 Å². The standard InChI is InChI=1S/C7H13FO2/c1-3-5-4-6(8)7(9-2)10-5/h5-7H,3-4H2,1-2H3/t5?,6-,7?/m0/s1. The van der Waals surface area contributed by atoms with Crippen LogP contribution in [-0.4, -0.2) is 25.7 Å². The zero-order chi connectivity index (χ0) is 7.56. The number of halogens is 1. The molecule has 2 nitrogen and oxygen atoms in total. The number of alkyl halides is 1. The Labute approximate surface area is 60.3 Å². The maximum atomic E-state index is 12.8. The van der Waals surface area contributed by atoms with Crippen molar-refractivity contribution in [2.75, 3.05) is 7.11 Å². The Morgan fingerprint density at radius 1 is 1.70 bits per heavy atom. The highest BCUT2D eigenvalue weighted by atomic mass is 19.1. The van der Waals surface area contributed by atoms with E-state index in [-0.39, 0.29) is 6.10 Å². The summed E-state index contributed by atoms with van der Waals surface area (Å²) in [6, 6.07) is 0. The van der Waals surface area contributed by atoms with E-state index in [2.05, 4.69) is 0 Å². The summed E-state index contributed by atoms with van der Waals surface area (Å²) in [7, 11) is 1.47. The van der Waals surface area contributed by atoms with E-state index in [4.69, 9.17) is 9.47 Å². The van der Waals surface area contributed by atoms with E-state index in [1.54, 1.807) is 0 Å². The third-order valence-corrected chi connectivity index (χ3v) is 1.80. The fraction of sp³-hybridized carbons (Fsp3) is 1.00. The average molecular weight is 148 g/mol. The van der Waals surface area contributed by atoms with Gasteiger partial charge in [-0.2, -0.15) is 0 Å². The van der Waals surface area contributed by atoms with Crippen molar-refractivity contribution in [1.82, 2.24) is 0 Å². The molecule has 1 fully saturated rings. The molecule has 0 aromatic heterocycles. The molecule has 0 aromatic carbocycles. The summed E-state index contributed by atoms with van der Waals surface area (Å²) in [6.45, 7) is 1.98. The molecule has 1 saturated heterocycles. The summed E-state index contributed by atoms with van der Waals surface area (Å²) < 4.78 is 22.7. The lowest BCUT2D eigenvalue weighted by atomic mass is 10.2. The van der Waals surface area contributed by atoms with Crippen molar-refractivity contribution in [2.24, 2.45) is 0 Å². The average Bonchev–Trinajstić information content (AvgIpc) is 2.30. The van der Waals surface area contributed by atoms with E-state index < -0.39 is 12.5 Å². The van der Waals surface area contributed by atoms with Crippen LogP contribution in [0.2, 0.25) is 0 Å². The van der Waals surface area contributed by atoms with Gasteiger partial charge in [-0.25, -0.2) is 4.39 Å². The third kappa shape index (κ3) is 1.47. The maximum absolute atomic E-state index is 12.8. The summed E-state index contributed by atoms with van der Waals surface area (Å²) in [4.78, 5) is 0. The van der Waals surface area contributed by atoms with Gasteiger partial charge >= 0.3 is 0 Å². The van der Waals surface area contributed by atoms with Crippen LogP contribution in [0.3, 0.4) is 0 Å². The minimum absolute atomic E-state index is 0.0555. The lowest BCUT2D eigenvalue weighted by Gasteiger charge is -2.09. The molecule has 0 N–H and O–H groups in total. The Bertz CT molecular complexity index is 108. The normalized spacial score (nSPS) is 40.5. The molecular weight excluding hydrogens is 135 g/mol. The lowest BCUT2D eigenvalue weighted by Crippen LogP contribution is -2.18. The van der Waals surface area contributed by atoms with Gasteiger partial charge < -0.3 is 9.47 Å². The summed E-state index contributed by atoms with van der Waals surface area (Å²) in [5.41, 5.74) is 0. The second-order valence-corrected chi connectivity index (χ2v) is 2.52. The molecule has 1 heterocycles. The summed E-state index contributed by atoms with van der Waals surface area (Å²) in [5, 5.41) is 0. The molecule has 0 aromatic rings. The van der Waals surface area contributed by atoms with E-state index in [0.29, 0.717) is 6.42 Å². The molecule has 1 aliphatic rings. The lowest BCUT2D eigenvalue weighted by molar-refractivity contribution is -0.135. The molecular formula is C7H13FO2. The number of hydrogen-bond donors (Lipinski definition) is 0. The Morgan fingerprint density at radius 3 is 2.70 bits per heavy atom. The molecule has 0 amide bonds. The highest BCUT2D eigenvalue weighted by molar-refractivity contribution is 4.75. The predicted octanol–water partition coefficient (Wildman–Crippen LogP) is 1.50. The Balaban J connectivity index is 2.36. The van der Waals surface area contributed by atoms with Crippen molar-refractivity contribution in [3.63, 3.8) is 0 Å². The molecule has 0 bridgehead atoms. The first-order valence-electron chi connectivity index (χ1n) is 3.60. The third-order valence-electron chi connectivity index (χ3n) is 1.80. The fourth-order valence-electron chi connectivity index (χ4n) is 1.16. The molecule has 3 heteroatoms. The molecule has 0 saturated carbocycles. The monoisotopic (exact) mass is 148 g/mol. The Kier molecular flexibility index (Phi) is 2.63. The molecule has 1 aliphatic heterocycles. The highest BCUT2D eigenvalue weighted by Crippen LogP contribution is 2.25. The number of rotatable bonds is 2. The van der Waals surface area contributed by atoms with Gasteiger partial charge in [-0.15, -0.1) is 0 Å². The predicted molar refractivity (Wildman–Crippen MR) is 35.5 cm³/mol. The zero-order valence-corrected chi connectivity index (χ0v) is 6.34. The molecule has 1 rings (SSSR count). The van der Waals surface area contributed by atoms with E-state index in [0.717, 1.165) is 6.42 Å². The van der Waals surface area contributed by atoms with Gasteiger partial charge in [0.1, 0.15) is 0 Å². The summed E-state index contributed by atoms with van der Waals surface area (Å²) in [6.07, 6.45) is -0.158. The Morgan fingerprint density at radius 2 is 2.40 bits per heavy atom. The number of methoxy groups -OCH3 is 1. The molecule has 0 spiro atoms. The highest BCUT2D eigenvalue weighted by Gasteiger charge is 2.34. The van der Waals surface area contributed by atoms with Crippen LogP contribution in [0, 0.1) is 0 Å². The second kappa shape index (κ2) is 3.30. The van der Waals surface area contributed by atoms with Crippen LogP contribution < -0.4 is 0 Å². The van der Waals surface area contributed by atoms with Crippen molar-refractivity contribution in [2.45, 2.75) is 38.3 Å². The van der Waals surface area contributed by atoms with Crippen LogP contribution in [0.1, 0.15) is 19.8 Å². The van der Waals surface area contributed by atoms with Crippen molar-refractivity contribution in [3.05, 3.63) is 0 Å². The van der Waals surface area contributed by atoms with Crippen molar-refractivity contribution >= 4 is 0 Å². The van der Waals surface area contributed by atoms with Crippen LogP contribution in [0.25, 0.3) is 0 Å². The van der Waals surface area contributed by atoms with E-state index in [1.165, 1.54) is 7.11 Å². The van der Waals surface area contributed by atoms with Crippen LogP contribution in [0.5, 0.6) is 0 Å².